The summed E-state index contributed by atoms with van der Waals surface area (Å²) in [5.41, 5.74) is 2.23. The number of aromatic nitrogens is 2. The number of anilines is 2. The van der Waals surface area contributed by atoms with Crippen LogP contribution in [0, 0.1) is 11.7 Å². The molecule has 5 heteroatoms. The zero-order chi connectivity index (χ0) is 15.1. The molecule has 0 bridgehead atoms. The molecular weight excluding hydrogens is 297 g/mol. The molecule has 0 fully saturated rings. The van der Waals surface area contributed by atoms with Crippen molar-refractivity contribution >= 4 is 33.1 Å². The zero-order valence-corrected chi connectivity index (χ0v) is 13.1. The number of rotatable bonds is 2. The average Bonchev–Trinajstić information content (AvgIpc) is 2.88. The number of nitrogens with one attached hydrogen (secondary N) is 1. The van der Waals surface area contributed by atoms with Crippen LogP contribution in [0.15, 0.2) is 30.6 Å². The van der Waals surface area contributed by atoms with Gasteiger partial charge in [-0.2, -0.15) is 0 Å². The van der Waals surface area contributed by atoms with Gasteiger partial charge in [0, 0.05) is 10.6 Å². The molecule has 0 saturated carbocycles. The molecule has 0 spiro atoms. The van der Waals surface area contributed by atoms with Gasteiger partial charge in [-0.15, -0.1) is 11.3 Å². The van der Waals surface area contributed by atoms with Crippen LogP contribution in [0.5, 0.6) is 0 Å². The molecule has 0 aliphatic heterocycles. The first kappa shape index (κ1) is 13.6. The lowest BCUT2D eigenvalue weighted by atomic mass is 9.89. The van der Waals surface area contributed by atoms with E-state index in [9.17, 15) is 4.39 Å². The predicted octanol–water partition coefficient (Wildman–Crippen LogP) is 4.70. The van der Waals surface area contributed by atoms with Gasteiger partial charge in [-0.05, 0) is 55.0 Å². The molecule has 0 radical (unpaired) electrons. The Morgan fingerprint density at radius 1 is 1.23 bits per heavy atom. The van der Waals surface area contributed by atoms with Gasteiger partial charge in [-0.25, -0.2) is 14.4 Å². The number of halogens is 1. The molecule has 0 unspecified atom stereocenters. The van der Waals surface area contributed by atoms with Crippen LogP contribution in [0.25, 0.3) is 10.2 Å². The van der Waals surface area contributed by atoms with E-state index in [0.717, 1.165) is 40.5 Å². The number of nitrogens with zero attached hydrogens (tertiary/aromatic N) is 2. The van der Waals surface area contributed by atoms with Crippen LogP contribution in [0.3, 0.4) is 0 Å². The van der Waals surface area contributed by atoms with Crippen molar-refractivity contribution in [2.24, 2.45) is 5.92 Å². The van der Waals surface area contributed by atoms with Crippen LogP contribution in [0.1, 0.15) is 23.8 Å². The lowest BCUT2D eigenvalue weighted by molar-refractivity contribution is 0.509. The summed E-state index contributed by atoms with van der Waals surface area (Å²) in [4.78, 5) is 11.3. The second-order valence-electron chi connectivity index (χ2n) is 5.89. The number of fused-ring (bicyclic) bond motifs is 3. The van der Waals surface area contributed by atoms with Gasteiger partial charge in [-0.3, -0.25) is 0 Å². The molecule has 3 nitrogen and oxygen atoms in total. The van der Waals surface area contributed by atoms with Gasteiger partial charge in [0.2, 0.25) is 0 Å². The van der Waals surface area contributed by atoms with Gasteiger partial charge >= 0.3 is 0 Å². The smallest absolute Gasteiger partial charge is 0.142 e. The molecule has 1 atom stereocenters. The maximum atomic E-state index is 13.0. The SMILES string of the molecule is C[C@@H]1CCc2c(sc3ncnc(Nc4ccc(F)cc4)c23)C1. The van der Waals surface area contributed by atoms with E-state index in [1.54, 1.807) is 29.8 Å². The third-order valence-electron chi connectivity index (χ3n) is 4.20. The van der Waals surface area contributed by atoms with Crippen LogP contribution in [0.2, 0.25) is 0 Å². The Kier molecular flexibility index (Phi) is 3.30. The Bertz CT molecular complexity index is 826. The second-order valence-corrected chi connectivity index (χ2v) is 6.97. The molecule has 2 aromatic heterocycles. The number of hydrogen-bond acceptors (Lipinski definition) is 4. The Morgan fingerprint density at radius 3 is 2.86 bits per heavy atom. The van der Waals surface area contributed by atoms with Gasteiger partial charge in [0.25, 0.3) is 0 Å². The molecule has 1 aliphatic carbocycles. The summed E-state index contributed by atoms with van der Waals surface area (Å²) in [6.45, 7) is 2.30. The Labute approximate surface area is 132 Å². The third kappa shape index (κ3) is 2.35. The highest BCUT2D eigenvalue weighted by atomic mass is 32.1. The molecule has 0 amide bonds. The van der Waals surface area contributed by atoms with E-state index in [2.05, 4.69) is 22.2 Å². The average molecular weight is 313 g/mol. The summed E-state index contributed by atoms with van der Waals surface area (Å²) in [6.07, 6.45) is 5.03. The highest BCUT2D eigenvalue weighted by molar-refractivity contribution is 7.19. The van der Waals surface area contributed by atoms with E-state index >= 15 is 0 Å². The van der Waals surface area contributed by atoms with E-state index < -0.39 is 0 Å². The first-order valence-electron chi connectivity index (χ1n) is 7.48. The van der Waals surface area contributed by atoms with Crippen LogP contribution in [0.4, 0.5) is 15.9 Å². The van der Waals surface area contributed by atoms with Crippen molar-refractivity contribution < 1.29 is 4.39 Å². The van der Waals surface area contributed by atoms with E-state index in [1.807, 2.05) is 0 Å². The fourth-order valence-corrected chi connectivity index (χ4v) is 4.39. The van der Waals surface area contributed by atoms with Gasteiger partial charge < -0.3 is 5.32 Å². The highest BCUT2D eigenvalue weighted by Gasteiger charge is 2.23. The number of benzene rings is 1. The highest BCUT2D eigenvalue weighted by Crippen LogP contribution is 2.40. The first-order valence-corrected chi connectivity index (χ1v) is 8.30. The molecule has 2 heterocycles. The fourth-order valence-electron chi connectivity index (χ4n) is 3.04. The fraction of sp³-hybridized carbons (Fsp3) is 0.294. The zero-order valence-electron chi connectivity index (χ0n) is 12.3. The Morgan fingerprint density at radius 2 is 2.05 bits per heavy atom. The van der Waals surface area contributed by atoms with E-state index in [4.69, 9.17) is 0 Å². The van der Waals surface area contributed by atoms with Crippen LogP contribution in [-0.2, 0) is 12.8 Å². The van der Waals surface area contributed by atoms with Crippen molar-refractivity contribution in [2.75, 3.05) is 5.32 Å². The predicted molar refractivity (Wildman–Crippen MR) is 88.3 cm³/mol. The largest absolute Gasteiger partial charge is 0.340 e. The number of thiophene rings is 1. The van der Waals surface area contributed by atoms with Gasteiger partial charge in [0.05, 0.1) is 5.39 Å². The molecule has 1 N–H and O–H groups in total. The summed E-state index contributed by atoms with van der Waals surface area (Å²) in [5, 5.41) is 4.45. The summed E-state index contributed by atoms with van der Waals surface area (Å²) in [7, 11) is 0. The molecular formula is C17H16FN3S. The molecule has 3 aromatic rings. The van der Waals surface area contributed by atoms with E-state index in [0.29, 0.717) is 0 Å². The topological polar surface area (TPSA) is 37.8 Å². The van der Waals surface area contributed by atoms with Crippen molar-refractivity contribution in [1.29, 1.82) is 0 Å². The van der Waals surface area contributed by atoms with Gasteiger partial charge in [0.15, 0.2) is 0 Å². The molecule has 1 aliphatic rings. The molecule has 22 heavy (non-hydrogen) atoms. The molecule has 1 aromatic carbocycles. The van der Waals surface area contributed by atoms with Crippen molar-refractivity contribution in [3.63, 3.8) is 0 Å². The van der Waals surface area contributed by atoms with Crippen LogP contribution >= 0.6 is 11.3 Å². The van der Waals surface area contributed by atoms with Crippen molar-refractivity contribution in [3.05, 3.63) is 46.9 Å². The quantitative estimate of drug-likeness (QED) is 0.745. The Balaban J connectivity index is 1.79. The summed E-state index contributed by atoms with van der Waals surface area (Å²) >= 11 is 1.78. The van der Waals surface area contributed by atoms with Crippen molar-refractivity contribution in [3.8, 4) is 0 Å². The Hall–Kier alpha value is -2.01. The maximum Gasteiger partial charge on any atom is 0.142 e. The lowest BCUT2D eigenvalue weighted by Crippen LogP contribution is -2.09. The third-order valence-corrected chi connectivity index (χ3v) is 5.36. The lowest BCUT2D eigenvalue weighted by Gasteiger charge is -2.18. The first-order chi connectivity index (χ1) is 10.7. The maximum absolute atomic E-state index is 13.0. The summed E-state index contributed by atoms with van der Waals surface area (Å²) < 4.78 is 13.0. The van der Waals surface area contributed by atoms with E-state index in [-0.39, 0.29) is 5.82 Å². The van der Waals surface area contributed by atoms with E-state index in [1.165, 1.54) is 29.0 Å². The van der Waals surface area contributed by atoms with Crippen molar-refractivity contribution in [1.82, 2.24) is 9.97 Å². The monoisotopic (exact) mass is 313 g/mol. The minimum absolute atomic E-state index is 0.236. The molecule has 4 rings (SSSR count). The molecule has 112 valence electrons. The number of hydrogen-bond donors (Lipinski definition) is 1. The van der Waals surface area contributed by atoms with Crippen LogP contribution in [-0.4, -0.2) is 9.97 Å². The van der Waals surface area contributed by atoms with Gasteiger partial charge in [-0.1, -0.05) is 6.92 Å². The standard InChI is InChI=1S/C17H16FN3S/c1-10-2-7-13-14(8-10)22-17-15(13)16(19-9-20-17)21-12-5-3-11(18)4-6-12/h3-6,9-10H,2,7-8H2,1H3,(H,19,20,21)/t10-/m1/s1. The minimum Gasteiger partial charge on any atom is -0.340 e. The normalized spacial score (nSPS) is 17.5. The minimum atomic E-state index is -0.236. The van der Waals surface area contributed by atoms with Crippen molar-refractivity contribution in [2.45, 2.75) is 26.2 Å². The van der Waals surface area contributed by atoms with Gasteiger partial charge in [0.1, 0.15) is 22.8 Å². The summed E-state index contributed by atoms with van der Waals surface area (Å²) in [6, 6.07) is 6.35. The number of aryl methyl sites for hydroxylation is 1. The van der Waals surface area contributed by atoms with Crippen LogP contribution < -0.4 is 5.32 Å². The summed E-state index contributed by atoms with van der Waals surface area (Å²) in [5.74, 6) is 1.32. The molecule has 0 saturated heterocycles. The second kappa shape index (κ2) is 5.32.